The normalized spacial score (nSPS) is 9.76. The van der Waals surface area contributed by atoms with Crippen LogP contribution >= 0.6 is 23.5 Å². The minimum Gasteiger partial charge on any atom is -0.305 e. The van der Waals surface area contributed by atoms with Gasteiger partial charge in [0, 0.05) is 4.47 Å². The minimum absolute atomic E-state index is 0.162. The third-order valence-corrected chi connectivity index (χ3v) is 5.98. The van der Waals surface area contributed by atoms with Gasteiger partial charge in [-0.05, 0) is 50.2 Å². The van der Waals surface area contributed by atoms with Gasteiger partial charge in [0.15, 0.2) is 0 Å². The standard InChI is InChI=1S/C12H13N2O3P.C8H3BrN2/c1-3-16-18(15,17-4-2)12-6-5-10(8-13)11(7-12)9-14;9-8-2-1-6(4-10)7(3-8)5-11/h5-7H,3-4H2,1-2H3;1-3H. The lowest BCUT2D eigenvalue weighted by Crippen LogP contribution is -2.11. The first-order valence-corrected chi connectivity index (χ1v) is 10.7. The van der Waals surface area contributed by atoms with Crippen molar-refractivity contribution in [2.24, 2.45) is 0 Å². The number of benzene rings is 2. The average Bonchev–Trinajstić information content (AvgIpc) is 2.73. The summed E-state index contributed by atoms with van der Waals surface area (Å²) in [5.41, 5.74) is 1.22. The summed E-state index contributed by atoms with van der Waals surface area (Å²) in [6.07, 6.45) is 0. The zero-order valence-electron chi connectivity index (χ0n) is 15.7. The van der Waals surface area contributed by atoms with E-state index in [4.69, 9.17) is 30.1 Å². The van der Waals surface area contributed by atoms with Crippen molar-refractivity contribution in [1.29, 1.82) is 21.0 Å². The van der Waals surface area contributed by atoms with Crippen LogP contribution in [0.5, 0.6) is 0 Å². The van der Waals surface area contributed by atoms with Crippen molar-refractivity contribution in [3.63, 3.8) is 0 Å². The van der Waals surface area contributed by atoms with Gasteiger partial charge in [-0.1, -0.05) is 15.9 Å². The molecular formula is C20H16BrN4O3P. The second-order valence-electron chi connectivity index (χ2n) is 5.20. The van der Waals surface area contributed by atoms with Gasteiger partial charge in [0.05, 0.1) is 40.8 Å². The molecule has 2 aromatic rings. The zero-order valence-corrected chi connectivity index (χ0v) is 18.2. The Balaban J connectivity index is 0.000000326. The van der Waals surface area contributed by atoms with E-state index < -0.39 is 7.60 Å². The van der Waals surface area contributed by atoms with Gasteiger partial charge < -0.3 is 9.05 Å². The monoisotopic (exact) mass is 470 g/mol. The molecule has 0 amide bonds. The topological polar surface area (TPSA) is 131 Å². The Hall–Kier alpha value is -2.97. The predicted octanol–water partition coefficient (Wildman–Crippen LogP) is 4.51. The fourth-order valence-corrected chi connectivity index (χ4v) is 4.08. The largest absolute Gasteiger partial charge is 0.361 e. The molecule has 9 heteroatoms. The Kier molecular flexibility index (Phi) is 9.78. The van der Waals surface area contributed by atoms with E-state index in [1.165, 1.54) is 18.2 Å². The van der Waals surface area contributed by atoms with Crippen molar-refractivity contribution >= 4 is 28.8 Å². The number of halogens is 1. The van der Waals surface area contributed by atoms with E-state index in [2.05, 4.69) is 15.9 Å². The predicted molar refractivity (Wildman–Crippen MR) is 110 cm³/mol. The van der Waals surface area contributed by atoms with Gasteiger partial charge >= 0.3 is 7.60 Å². The van der Waals surface area contributed by atoms with E-state index in [1.54, 1.807) is 32.0 Å². The summed E-state index contributed by atoms with van der Waals surface area (Å²) in [7, 11) is -3.40. The molecule has 0 aliphatic heterocycles. The molecule has 0 aliphatic rings. The summed E-state index contributed by atoms with van der Waals surface area (Å²) >= 11 is 3.21. The van der Waals surface area contributed by atoms with Crippen molar-refractivity contribution < 1.29 is 13.6 Å². The van der Waals surface area contributed by atoms with Gasteiger partial charge in [-0.15, -0.1) is 0 Å². The maximum Gasteiger partial charge on any atom is 0.361 e. The van der Waals surface area contributed by atoms with E-state index in [9.17, 15) is 4.57 Å². The number of hydrogen-bond donors (Lipinski definition) is 0. The van der Waals surface area contributed by atoms with E-state index in [1.807, 2.05) is 24.3 Å². The number of nitrogens with zero attached hydrogens (tertiary/aromatic N) is 4. The van der Waals surface area contributed by atoms with Gasteiger partial charge in [-0.2, -0.15) is 21.0 Å². The summed E-state index contributed by atoms with van der Waals surface area (Å²) < 4.78 is 23.6. The summed E-state index contributed by atoms with van der Waals surface area (Å²) in [5.74, 6) is 0. The van der Waals surface area contributed by atoms with Crippen molar-refractivity contribution in [2.75, 3.05) is 13.2 Å². The second kappa shape index (κ2) is 11.8. The van der Waals surface area contributed by atoms with Gasteiger partial charge in [0.2, 0.25) is 0 Å². The van der Waals surface area contributed by atoms with Crippen LogP contribution in [-0.4, -0.2) is 13.2 Å². The van der Waals surface area contributed by atoms with E-state index in [0.717, 1.165) is 4.47 Å². The molecule has 0 N–H and O–H groups in total. The molecule has 7 nitrogen and oxygen atoms in total. The Bertz CT molecular complexity index is 1080. The van der Waals surface area contributed by atoms with Crippen molar-refractivity contribution in [3.05, 3.63) is 63.1 Å². The molecule has 0 saturated heterocycles. The molecule has 2 rings (SSSR count). The molecule has 0 fully saturated rings. The lowest BCUT2D eigenvalue weighted by atomic mass is 10.1. The van der Waals surface area contributed by atoms with Gasteiger partial charge in [-0.25, -0.2) is 0 Å². The van der Waals surface area contributed by atoms with Crippen LogP contribution in [0.1, 0.15) is 36.1 Å². The van der Waals surface area contributed by atoms with Gasteiger partial charge in [0.25, 0.3) is 0 Å². The van der Waals surface area contributed by atoms with Crippen LogP contribution < -0.4 is 5.30 Å². The molecule has 146 valence electrons. The molecular weight excluding hydrogens is 455 g/mol. The summed E-state index contributed by atoms with van der Waals surface area (Å²) in [5, 5.41) is 35.1. The minimum atomic E-state index is -3.40. The molecule has 0 atom stereocenters. The van der Waals surface area contributed by atoms with Crippen LogP contribution in [0.3, 0.4) is 0 Å². The Labute approximate surface area is 178 Å². The van der Waals surface area contributed by atoms with Crippen molar-refractivity contribution in [2.45, 2.75) is 13.8 Å². The Morgan fingerprint density at radius 2 is 1.24 bits per heavy atom. The molecule has 0 bridgehead atoms. The summed E-state index contributed by atoms with van der Waals surface area (Å²) in [6.45, 7) is 3.89. The SMILES string of the molecule is CCOP(=O)(OCC)c1ccc(C#N)c(C#N)c1.N#Cc1ccc(Br)cc1C#N. The molecule has 0 heterocycles. The van der Waals surface area contributed by atoms with E-state index in [0.29, 0.717) is 16.4 Å². The smallest absolute Gasteiger partial charge is 0.305 e. The maximum atomic E-state index is 12.4. The highest BCUT2D eigenvalue weighted by atomic mass is 79.9. The zero-order chi connectivity index (χ0) is 21.9. The third kappa shape index (κ3) is 6.55. The van der Waals surface area contributed by atoms with Crippen LogP contribution in [0.25, 0.3) is 0 Å². The average molecular weight is 471 g/mol. The third-order valence-electron chi connectivity index (χ3n) is 3.38. The maximum absolute atomic E-state index is 12.4. The van der Waals surface area contributed by atoms with Crippen LogP contribution in [0.4, 0.5) is 0 Å². The Morgan fingerprint density at radius 1 is 0.793 bits per heavy atom. The lowest BCUT2D eigenvalue weighted by Gasteiger charge is -2.17. The van der Waals surface area contributed by atoms with Gasteiger partial charge in [0.1, 0.15) is 24.3 Å². The highest BCUT2D eigenvalue weighted by molar-refractivity contribution is 9.10. The molecule has 0 saturated carbocycles. The number of hydrogen-bond acceptors (Lipinski definition) is 7. The highest BCUT2D eigenvalue weighted by Gasteiger charge is 2.27. The number of nitriles is 4. The Morgan fingerprint density at radius 3 is 1.69 bits per heavy atom. The van der Waals surface area contributed by atoms with E-state index in [-0.39, 0.29) is 24.3 Å². The first-order chi connectivity index (χ1) is 13.9. The molecule has 0 aliphatic carbocycles. The fourth-order valence-electron chi connectivity index (χ4n) is 2.13. The molecule has 0 aromatic heterocycles. The summed E-state index contributed by atoms with van der Waals surface area (Å²) in [4.78, 5) is 0. The van der Waals surface area contributed by atoms with Gasteiger partial charge in [-0.3, -0.25) is 4.57 Å². The molecule has 2 aromatic carbocycles. The quantitative estimate of drug-likeness (QED) is 0.586. The first-order valence-electron chi connectivity index (χ1n) is 8.32. The van der Waals surface area contributed by atoms with Crippen LogP contribution in [0, 0.1) is 45.3 Å². The lowest BCUT2D eigenvalue weighted by molar-refractivity contribution is 0.230. The molecule has 0 spiro atoms. The number of rotatable bonds is 5. The second-order valence-corrected chi connectivity index (χ2v) is 8.14. The van der Waals surface area contributed by atoms with Crippen LogP contribution in [-0.2, 0) is 13.6 Å². The summed E-state index contributed by atoms with van der Waals surface area (Å²) in [6, 6.07) is 16.9. The molecule has 0 radical (unpaired) electrons. The van der Waals surface area contributed by atoms with Crippen LogP contribution in [0.2, 0.25) is 0 Å². The fraction of sp³-hybridized carbons (Fsp3) is 0.200. The van der Waals surface area contributed by atoms with E-state index >= 15 is 0 Å². The van der Waals surface area contributed by atoms with Crippen molar-refractivity contribution in [1.82, 2.24) is 0 Å². The molecule has 0 unspecified atom stereocenters. The highest BCUT2D eigenvalue weighted by Crippen LogP contribution is 2.46. The van der Waals surface area contributed by atoms with Crippen molar-refractivity contribution in [3.8, 4) is 24.3 Å². The first kappa shape index (κ1) is 24.1. The van der Waals surface area contributed by atoms with Crippen LogP contribution in [0.15, 0.2) is 40.9 Å². The molecule has 29 heavy (non-hydrogen) atoms.